The zero-order valence-corrected chi connectivity index (χ0v) is 9.66. The Labute approximate surface area is 96.3 Å². The largest absolute Gasteiger partial charge is 0.398 e. The zero-order chi connectivity index (χ0) is 11.4. The molecule has 0 saturated heterocycles. The SMILES string of the molecule is Nc1cc[n+](CCC2CCCCC2)c(F)c1. The molecule has 1 saturated carbocycles. The first-order chi connectivity index (χ1) is 7.75. The second-order valence-corrected chi connectivity index (χ2v) is 4.77. The molecule has 3 heteroatoms. The zero-order valence-electron chi connectivity index (χ0n) is 9.66. The Morgan fingerprint density at radius 1 is 1.31 bits per heavy atom. The van der Waals surface area contributed by atoms with E-state index in [1.54, 1.807) is 16.8 Å². The van der Waals surface area contributed by atoms with Gasteiger partial charge in [0.05, 0.1) is 6.07 Å². The fraction of sp³-hybridized carbons (Fsp3) is 0.615. The third-order valence-electron chi connectivity index (χ3n) is 3.51. The molecule has 2 N–H and O–H groups in total. The first kappa shape index (κ1) is 11.4. The standard InChI is InChI=1S/C13H19FN2/c14-13-10-12(15)7-9-16(13)8-6-11-4-2-1-3-5-11/h7,9-11,15H,1-6,8H2/p+1. The predicted molar refractivity (Wildman–Crippen MR) is 62.2 cm³/mol. The highest BCUT2D eigenvalue weighted by atomic mass is 19.1. The number of hydrogen-bond donors (Lipinski definition) is 1. The number of anilines is 1. The van der Waals surface area contributed by atoms with Crippen LogP contribution in [0.5, 0.6) is 0 Å². The van der Waals surface area contributed by atoms with Crippen molar-refractivity contribution in [3.05, 3.63) is 24.3 Å². The van der Waals surface area contributed by atoms with E-state index >= 15 is 0 Å². The van der Waals surface area contributed by atoms with Crippen LogP contribution in [0.2, 0.25) is 0 Å². The van der Waals surface area contributed by atoms with E-state index in [1.807, 2.05) is 0 Å². The molecule has 1 fully saturated rings. The van der Waals surface area contributed by atoms with Crippen LogP contribution in [0, 0.1) is 11.9 Å². The maximum Gasteiger partial charge on any atom is 0.361 e. The van der Waals surface area contributed by atoms with Crippen LogP contribution in [-0.4, -0.2) is 0 Å². The molecule has 2 rings (SSSR count). The van der Waals surface area contributed by atoms with Crippen molar-refractivity contribution >= 4 is 5.69 Å². The van der Waals surface area contributed by atoms with Crippen LogP contribution in [0.4, 0.5) is 10.1 Å². The summed E-state index contributed by atoms with van der Waals surface area (Å²) in [5.74, 6) is 0.564. The number of pyridine rings is 1. The van der Waals surface area contributed by atoms with Gasteiger partial charge in [0.25, 0.3) is 0 Å². The molecule has 0 radical (unpaired) electrons. The Bertz CT molecular complexity index is 346. The number of nitrogens with two attached hydrogens (primary N) is 1. The van der Waals surface area contributed by atoms with Crippen molar-refractivity contribution in [3.63, 3.8) is 0 Å². The van der Waals surface area contributed by atoms with E-state index in [2.05, 4.69) is 0 Å². The second-order valence-electron chi connectivity index (χ2n) is 4.77. The minimum Gasteiger partial charge on any atom is -0.398 e. The maximum absolute atomic E-state index is 13.5. The second kappa shape index (κ2) is 5.28. The number of rotatable bonds is 3. The topological polar surface area (TPSA) is 29.9 Å². The average Bonchev–Trinajstić information content (AvgIpc) is 2.29. The van der Waals surface area contributed by atoms with Crippen molar-refractivity contribution < 1.29 is 8.96 Å². The quantitative estimate of drug-likeness (QED) is 0.619. The highest BCUT2D eigenvalue weighted by molar-refractivity contribution is 5.32. The van der Waals surface area contributed by atoms with Crippen molar-refractivity contribution in [2.24, 2.45) is 5.92 Å². The van der Waals surface area contributed by atoms with Crippen molar-refractivity contribution in [3.8, 4) is 0 Å². The lowest BCUT2D eigenvalue weighted by Crippen LogP contribution is -2.38. The van der Waals surface area contributed by atoms with Gasteiger partial charge in [-0.3, -0.25) is 0 Å². The van der Waals surface area contributed by atoms with Crippen LogP contribution in [0.15, 0.2) is 18.3 Å². The first-order valence-corrected chi connectivity index (χ1v) is 6.20. The molecule has 1 aromatic heterocycles. The number of aryl methyl sites for hydroxylation is 1. The van der Waals surface area contributed by atoms with Crippen molar-refractivity contribution in [1.82, 2.24) is 0 Å². The van der Waals surface area contributed by atoms with Gasteiger partial charge < -0.3 is 5.73 Å². The minimum absolute atomic E-state index is 0.226. The van der Waals surface area contributed by atoms with Gasteiger partial charge in [-0.05, 0) is 5.92 Å². The summed E-state index contributed by atoms with van der Waals surface area (Å²) in [6.07, 6.45) is 9.53. The highest BCUT2D eigenvalue weighted by Crippen LogP contribution is 2.26. The molecular formula is C13H20FN2+. The molecule has 0 spiro atoms. The van der Waals surface area contributed by atoms with E-state index in [9.17, 15) is 4.39 Å². The Morgan fingerprint density at radius 2 is 2.06 bits per heavy atom. The van der Waals surface area contributed by atoms with E-state index in [1.165, 1.54) is 38.2 Å². The molecule has 2 nitrogen and oxygen atoms in total. The third kappa shape index (κ3) is 2.94. The van der Waals surface area contributed by atoms with E-state index in [-0.39, 0.29) is 5.95 Å². The van der Waals surface area contributed by atoms with E-state index in [0.29, 0.717) is 5.69 Å². The van der Waals surface area contributed by atoms with E-state index < -0.39 is 0 Å². The summed E-state index contributed by atoms with van der Waals surface area (Å²) < 4.78 is 15.1. The van der Waals surface area contributed by atoms with Gasteiger partial charge in [0.1, 0.15) is 0 Å². The van der Waals surface area contributed by atoms with Gasteiger partial charge >= 0.3 is 5.95 Å². The number of nitrogens with zero attached hydrogens (tertiary/aromatic N) is 1. The molecule has 0 unspecified atom stereocenters. The van der Waals surface area contributed by atoms with Crippen molar-refractivity contribution in [1.29, 1.82) is 0 Å². The fourth-order valence-corrected chi connectivity index (χ4v) is 2.49. The molecule has 1 aromatic rings. The van der Waals surface area contributed by atoms with Crippen LogP contribution >= 0.6 is 0 Å². The maximum atomic E-state index is 13.5. The first-order valence-electron chi connectivity index (χ1n) is 6.20. The van der Waals surface area contributed by atoms with Gasteiger partial charge in [-0.1, -0.05) is 32.1 Å². The highest BCUT2D eigenvalue weighted by Gasteiger charge is 2.17. The summed E-state index contributed by atoms with van der Waals surface area (Å²) in [7, 11) is 0. The number of halogens is 1. The van der Waals surface area contributed by atoms with Crippen LogP contribution in [-0.2, 0) is 6.54 Å². The third-order valence-corrected chi connectivity index (χ3v) is 3.51. The Hall–Kier alpha value is -1.12. The number of aromatic nitrogens is 1. The summed E-state index contributed by atoms with van der Waals surface area (Å²) in [6, 6.07) is 3.14. The van der Waals surface area contributed by atoms with Crippen molar-refractivity contribution in [2.45, 2.75) is 45.1 Å². The Kier molecular flexibility index (Phi) is 3.75. The molecular weight excluding hydrogens is 203 g/mol. The average molecular weight is 223 g/mol. The molecule has 88 valence electrons. The van der Waals surface area contributed by atoms with Gasteiger partial charge in [0.15, 0.2) is 12.7 Å². The lowest BCUT2D eigenvalue weighted by atomic mass is 9.87. The van der Waals surface area contributed by atoms with Crippen LogP contribution in [0.25, 0.3) is 0 Å². The molecule has 0 aromatic carbocycles. The van der Waals surface area contributed by atoms with Gasteiger partial charge in [-0.15, -0.1) is 4.39 Å². The minimum atomic E-state index is -0.226. The predicted octanol–water partition coefficient (Wildman–Crippen LogP) is 2.67. The molecule has 0 amide bonds. The van der Waals surface area contributed by atoms with Gasteiger partial charge in [-0.2, -0.15) is 4.57 Å². The smallest absolute Gasteiger partial charge is 0.361 e. The number of hydrogen-bond acceptors (Lipinski definition) is 1. The van der Waals surface area contributed by atoms with Gasteiger partial charge in [0.2, 0.25) is 0 Å². The molecule has 1 aliphatic carbocycles. The number of nitrogen functional groups attached to an aromatic ring is 1. The van der Waals surface area contributed by atoms with E-state index in [0.717, 1.165) is 18.9 Å². The Balaban J connectivity index is 1.88. The fourth-order valence-electron chi connectivity index (χ4n) is 2.49. The molecule has 1 aliphatic rings. The molecule has 16 heavy (non-hydrogen) atoms. The van der Waals surface area contributed by atoms with Gasteiger partial charge in [0, 0.05) is 18.2 Å². The van der Waals surface area contributed by atoms with Crippen LogP contribution in [0.1, 0.15) is 38.5 Å². The summed E-state index contributed by atoms with van der Waals surface area (Å²) in [4.78, 5) is 0. The molecule has 0 bridgehead atoms. The molecule has 1 heterocycles. The monoisotopic (exact) mass is 223 g/mol. The van der Waals surface area contributed by atoms with E-state index in [4.69, 9.17) is 5.73 Å². The summed E-state index contributed by atoms with van der Waals surface area (Å²) >= 11 is 0. The molecule has 0 aliphatic heterocycles. The lowest BCUT2D eigenvalue weighted by Gasteiger charge is -2.19. The van der Waals surface area contributed by atoms with Crippen LogP contribution < -0.4 is 10.3 Å². The summed E-state index contributed by atoms with van der Waals surface area (Å²) in [5.41, 5.74) is 6.01. The van der Waals surface area contributed by atoms with Crippen LogP contribution in [0.3, 0.4) is 0 Å². The lowest BCUT2D eigenvalue weighted by molar-refractivity contribution is -0.725. The van der Waals surface area contributed by atoms with Gasteiger partial charge in [-0.25, -0.2) is 0 Å². The molecule has 0 atom stereocenters. The normalized spacial score (nSPS) is 17.6. The van der Waals surface area contributed by atoms with Crippen molar-refractivity contribution in [2.75, 3.05) is 5.73 Å². The summed E-state index contributed by atoms with van der Waals surface area (Å²) in [6.45, 7) is 0.775. The summed E-state index contributed by atoms with van der Waals surface area (Å²) in [5, 5.41) is 0. The Morgan fingerprint density at radius 3 is 2.75 bits per heavy atom.